The topological polar surface area (TPSA) is 20.2 Å². The van der Waals surface area contributed by atoms with Crippen LogP contribution in [0.15, 0.2) is 10.5 Å². The Hall–Kier alpha value is -0.500. The van der Waals surface area contributed by atoms with Crippen molar-refractivity contribution in [3.05, 3.63) is 27.7 Å². The number of phenols is 1. The largest absolute Gasteiger partial charge is 0.507 e. The van der Waals surface area contributed by atoms with Crippen LogP contribution >= 0.6 is 15.9 Å². The molecule has 1 rings (SSSR count). The summed E-state index contributed by atoms with van der Waals surface area (Å²) in [7, 11) is 0. The van der Waals surface area contributed by atoms with Crippen LogP contribution in [0.4, 0.5) is 0 Å². The van der Waals surface area contributed by atoms with E-state index < -0.39 is 0 Å². The van der Waals surface area contributed by atoms with Crippen molar-refractivity contribution in [3.63, 3.8) is 0 Å². The van der Waals surface area contributed by atoms with Gasteiger partial charge in [-0.1, -0.05) is 41.5 Å². The highest BCUT2D eigenvalue weighted by Gasteiger charge is 2.27. The fraction of sp³-hybridized carbons (Fsp3) is 0.571. The molecule has 1 N–H and O–H groups in total. The fourth-order valence-electron chi connectivity index (χ4n) is 1.77. The van der Waals surface area contributed by atoms with E-state index in [1.165, 1.54) is 0 Å². The fourth-order valence-corrected chi connectivity index (χ4v) is 2.67. The molecule has 0 unspecified atom stereocenters. The first-order valence-corrected chi connectivity index (χ1v) is 6.28. The van der Waals surface area contributed by atoms with Crippen LogP contribution in [0.5, 0.6) is 5.75 Å². The molecule has 1 aromatic carbocycles. The van der Waals surface area contributed by atoms with Gasteiger partial charge in [0.25, 0.3) is 0 Å². The van der Waals surface area contributed by atoms with Gasteiger partial charge in [-0.05, 0) is 38.9 Å². The Morgan fingerprint density at radius 2 is 1.56 bits per heavy atom. The lowest BCUT2D eigenvalue weighted by molar-refractivity contribution is 0.422. The Morgan fingerprint density at radius 1 is 1.06 bits per heavy atom. The van der Waals surface area contributed by atoms with Crippen LogP contribution in [0.3, 0.4) is 0 Å². The zero-order valence-corrected chi connectivity index (χ0v) is 12.5. The first-order chi connectivity index (χ1) is 7.05. The predicted molar refractivity (Wildman–Crippen MR) is 72.0 cm³/mol. The number of phenolic OH excluding ortho intramolecular Hbond substituents is 1. The van der Waals surface area contributed by atoms with Crippen LogP contribution in [0, 0.1) is 6.07 Å². The maximum Gasteiger partial charge on any atom is 0.124 e. The van der Waals surface area contributed by atoms with Crippen molar-refractivity contribution < 1.29 is 5.11 Å². The molecule has 16 heavy (non-hydrogen) atoms. The van der Waals surface area contributed by atoms with Crippen molar-refractivity contribution in [3.8, 4) is 5.75 Å². The van der Waals surface area contributed by atoms with Gasteiger partial charge >= 0.3 is 0 Å². The number of rotatable bonds is 0. The third kappa shape index (κ3) is 2.60. The number of aromatic hydroxyl groups is 1. The predicted octanol–water partition coefficient (Wildman–Crippen LogP) is 4.55. The van der Waals surface area contributed by atoms with Crippen molar-refractivity contribution in [2.75, 3.05) is 0 Å². The lowest BCUT2D eigenvalue weighted by Crippen LogP contribution is -2.17. The normalized spacial score (nSPS) is 12.9. The minimum Gasteiger partial charge on any atom is -0.507 e. The number of hydrogen-bond donors (Lipinski definition) is 1. The van der Waals surface area contributed by atoms with Gasteiger partial charge in [0.05, 0.1) is 0 Å². The minimum absolute atomic E-state index is 0.0682. The SMILES string of the molecule is CC(C)(C)c1c[c]c(Br)c(C(C)(C)C)c1O. The number of halogens is 1. The van der Waals surface area contributed by atoms with Crippen LogP contribution in [-0.2, 0) is 10.8 Å². The maximum absolute atomic E-state index is 10.4. The third-order valence-electron chi connectivity index (χ3n) is 2.61. The van der Waals surface area contributed by atoms with E-state index in [2.05, 4.69) is 63.5 Å². The highest BCUT2D eigenvalue weighted by atomic mass is 79.9. The van der Waals surface area contributed by atoms with E-state index in [4.69, 9.17) is 0 Å². The van der Waals surface area contributed by atoms with Crippen molar-refractivity contribution in [2.45, 2.75) is 52.4 Å². The number of hydrogen-bond acceptors (Lipinski definition) is 1. The summed E-state index contributed by atoms with van der Waals surface area (Å²) in [5, 5.41) is 10.4. The second kappa shape index (κ2) is 4.06. The molecule has 89 valence electrons. The van der Waals surface area contributed by atoms with Crippen LogP contribution in [-0.4, -0.2) is 5.11 Å². The van der Waals surface area contributed by atoms with E-state index in [1.807, 2.05) is 6.07 Å². The molecule has 0 aliphatic carbocycles. The van der Waals surface area contributed by atoms with E-state index in [0.717, 1.165) is 15.6 Å². The van der Waals surface area contributed by atoms with Gasteiger partial charge in [0, 0.05) is 15.6 Å². The second-order valence-corrected chi connectivity index (χ2v) is 7.03. The zero-order chi connectivity index (χ0) is 12.7. The molecule has 0 amide bonds. The lowest BCUT2D eigenvalue weighted by atomic mass is 9.79. The maximum atomic E-state index is 10.4. The van der Waals surface area contributed by atoms with Crippen molar-refractivity contribution >= 4 is 15.9 Å². The van der Waals surface area contributed by atoms with E-state index in [0.29, 0.717) is 5.75 Å². The van der Waals surface area contributed by atoms with Crippen molar-refractivity contribution in [1.82, 2.24) is 0 Å². The van der Waals surface area contributed by atoms with Crippen molar-refractivity contribution in [2.24, 2.45) is 0 Å². The summed E-state index contributed by atoms with van der Waals surface area (Å²) < 4.78 is 0.852. The summed E-state index contributed by atoms with van der Waals surface area (Å²) in [5.74, 6) is 0.394. The molecule has 0 bridgehead atoms. The highest BCUT2D eigenvalue weighted by molar-refractivity contribution is 9.10. The molecular formula is C14H20BrO. The van der Waals surface area contributed by atoms with E-state index >= 15 is 0 Å². The van der Waals surface area contributed by atoms with E-state index in [1.54, 1.807) is 0 Å². The molecule has 0 saturated heterocycles. The van der Waals surface area contributed by atoms with Crippen molar-refractivity contribution in [1.29, 1.82) is 0 Å². The Labute approximate surface area is 107 Å². The Kier molecular flexibility index (Phi) is 3.45. The smallest absolute Gasteiger partial charge is 0.124 e. The Bertz CT molecular complexity index is 394. The van der Waals surface area contributed by atoms with Crippen LogP contribution in [0.1, 0.15) is 52.7 Å². The molecule has 0 heterocycles. The molecule has 0 saturated carbocycles. The Morgan fingerprint density at radius 3 is 1.94 bits per heavy atom. The minimum atomic E-state index is -0.0966. The monoisotopic (exact) mass is 283 g/mol. The molecule has 0 fully saturated rings. The van der Waals surface area contributed by atoms with Crippen LogP contribution in [0.25, 0.3) is 0 Å². The lowest BCUT2D eigenvalue weighted by Gasteiger charge is -2.27. The molecule has 1 radical (unpaired) electrons. The second-order valence-electron chi connectivity index (χ2n) is 6.24. The number of benzene rings is 1. The molecule has 0 spiro atoms. The highest BCUT2D eigenvalue weighted by Crippen LogP contribution is 2.42. The first kappa shape index (κ1) is 13.6. The third-order valence-corrected chi connectivity index (χ3v) is 3.24. The van der Waals surface area contributed by atoms with Gasteiger partial charge in [0.2, 0.25) is 0 Å². The zero-order valence-electron chi connectivity index (χ0n) is 10.9. The quantitative estimate of drug-likeness (QED) is 0.741. The van der Waals surface area contributed by atoms with Gasteiger partial charge in [-0.15, -0.1) is 0 Å². The van der Waals surface area contributed by atoms with E-state index in [9.17, 15) is 5.11 Å². The summed E-state index contributed by atoms with van der Waals surface area (Å²) in [6, 6.07) is 5.05. The summed E-state index contributed by atoms with van der Waals surface area (Å²) >= 11 is 3.47. The summed E-state index contributed by atoms with van der Waals surface area (Å²) in [5.41, 5.74) is 1.71. The molecule has 1 nitrogen and oxygen atoms in total. The molecule has 0 aliphatic rings. The summed E-state index contributed by atoms with van der Waals surface area (Å²) in [6.07, 6.45) is 0. The van der Waals surface area contributed by atoms with Crippen LogP contribution in [0.2, 0.25) is 0 Å². The molecule has 0 aromatic heterocycles. The molecule has 2 heteroatoms. The van der Waals surface area contributed by atoms with Gasteiger partial charge in [0.15, 0.2) is 0 Å². The van der Waals surface area contributed by atoms with Gasteiger partial charge in [-0.3, -0.25) is 0 Å². The van der Waals surface area contributed by atoms with E-state index in [-0.39, 0.29) is 10.8 Å². The average Bonchev–Trinajstić information content (AvgIpc) is 1.97. The van der Waals surface area contributed by atoms with Gasteiger partial charge in [0.1, 0.15) is 5.75 Å². The summed E-state index contributed by atoms with van der Waals surface area (Å²) in [4.78, 5) is 0. The van der Waals surface area contributed by atoms with Gasteiger partial charge < -0.3 is 5.11 Å². The van der Waals surface area contributed by atoms with Crippen LogP contribution < -0.4 is 0 Å². The molecular weight excluding hydrogens is 264 g/mol. The van der Waals surface area contributed by atoms with Gasteiger partial charge in [-0.2, -0.15) is 0 Å². The Balaban J connectivity index is 3.52. The standard InChI is InChI=1S/C14H20BrO/c1-13(2,3)9-7-8-10(15)11(12(9)16)14(4,5)6/h7,16H,1-6H3. The molecule has 1 aromatic rings. The molecule has 0 aliphatic heterocycles. The summed E-state index contributed by atoms with van der Waals surface area (Å²) in [6.45, 7) is 12.6. The first-order valence-electron chi connectivity index (χ1n) is 5.49. The average molecular weight is 284 g/mol. The van der Waals surface area contributed by atoms with Gasteiger partial charge in [-0.25, -0.2) is 0 Å². The molecule has 0 atom stereocenters.